The molecule has 0 fully saturated rings. The third-order valence-electron chi connectivity index (χ3n) is 3.03. The molecule has 2 aliphatic rings. The number of terminal acetylenes is 1. The van der Waals surface area contributed by atoms with Gasteiger partial charge in [0.25, 0.3) is 0 Å². The van der Waals surface area contributed by atoms with Crippen molar-refractivity contribution in [3.63, 3.8) is 0 Å². The number of nitrogens with one attached hydrogen (secondary N) is 1. The second kappa shape index (κ2) is 5.40. The second-order valence-electron chi connectivity index (χ2n) is 4.28. The molecule has 0 saturated carbocycles. The van der Waals surface area contributed by atoms with Crippen LogP contribution < -0.4 is 5.32 Å². The molecule has 2 aliphatic heterocycles. The van der Waals surface area contributed by atoms with Gasteiger partial charge in [-0.1, -0.05) is 18.2 Å². The third-order valence-corrected chi connectivity index (χ3v) is 3.03. The van der Waals surface area contributed by atoms with Crippen LogP contribution in [0, 0.1) is 12.3 Å². The molecule has 1 unspecified atom stereocenters. The van der Waals surface area contributed by atoms with Crippen LogP contribution in [0.25, 0.3) is 0 Å². The van der Waals surface area contributed by atoms with Gasteiger partial charge in [-0.3, -0.25) is 9.59 Å². The van der Waals surface area contributed by atoms with Crippen LogP contribution in [0.2, 0.25) is 0 Å². The van der Waals surface area contributed by atoms with Gasteiger partial charge in [0.1, 0.15) is 6.04 Å². The lowest BCUT2D eigenvalue weighted by atomic mass is 9.94. The Morgan fingerprint density at radius 2 is 2.21 bits per heavy atom. The first-order valence-electron chi connectivity index (χ1n) is 5.91. The lowest BCUT2D eigenvalue weighted by Crippen LogP contribution is -2.43. The standard InChI is InChI=1S/C15H14N2O2/c1-3-13(18)11-7-6-9-16-14(11)15(19)12-8-4-5-10-17(12)2/h1,4-9,14,16H,10H2,2H3. The molecular formula is C15H14N2O2. The van der Waals surface area contributed by atoms with Crippen LogP contribution in [0.3, 0.4) is 0 Å². The Labute approximate surface area is 112 Å². The third kappa shape index (κ3) is 2.50. The lowest BCUT2D eigenvalue weighted by molar-refractivity contribution is -0.119. The molecule has 0 aromatic heterocycles. The smallest absolute Gasteiger partial charge is 0.234 e. The number of carbonyl (C=O) groups is 2. The van der Waals surface area contributed by atoms with Gasteiger partial charge in [0, 0.05) is 19.2 Å². The zero-order valence-electron chi connectivity index (χ0n) is 10.6. The van der Waals surface area contributed by atoms with E-state index in [4.69, 9.17) is 6.42 Å². The van der Waals surface area contributed by atoms with Crippen LogP contribution in [0.1, 0.15) is 0 Å². The van der Waals surface area contributed by atoms with Crippen LogP contribution in [-0.2, 0) is 9.59 Å². The van der Waals surface area contributed by atoms with E-state index in [1.807, 2.05) is 24.1 Å². The normalized spacial score (nSPS) is 21.1. The molecule has 0 aromatic rings. The van der Waals surface area contributed by atoms with E-state index in [0.717, 1.165) is 0 Å². The van der Waals surface area contributed by atoms with Gasteiger partial charge in [-0.2, -0.15) is 0 Å². The molecule has 1 N–H and O–H groups in total. The highest BCUT2D eigenvalue weighted by Gasteiger charge is 2.30. The fourth-order valence-corrected chi connectivity index (χ4v) is 2.02. The SMILES string of the molecule is C#CC(=O)C1=CC=CNC1C(=O)C1=CC=CCN1C. The van der Waals surface area contributed by atoms with Crippen LogP contribution in [0.5, 0.6) is 0 Å². The Balaban J connectivity index is 2.29. The number of carbonyl (C=O) groups excluding carboxylic acids is 2. The van der Waals surface area contributed by atoms with E-state index in [0.29, 0.717) is 17.8 Å². The molecule has 96 valence electrons. The van der Waals surface area contributed by atoms with Crippen LogP contribution >= 0.6 is 0 Å². The van der Waals surface area contributed by atoms with Crippen molar-refractivity contribution in [3.05, 3.63) is 47.9 Å². The number of dihydropyridines is 1. The van der Waals surface area contributed by atoms with Gasteiger partial charge < -0.3 is 10.2 Å². The topological polar surface area (TPSA) is 49.4 Å². The van der Waals surface area contributed by atoms with Gasteiger partial charge in [-0.05, 0) is 24.3 Å². The number of nitrogens with zero attached hydrogens (tertiary/aromatic N) is 1. The molecule has 1 atom stereocenters. The van der Waals surface area contributed by atoms with Gasteiger partial charge in [0.2, 0.25) is 11.6 Å². The molecule has 0 spiro atoms. The fraction of sp³-hybridized carbons (Fsp3) is 0.200. The number of rotatable bonds is 3. The highest BCUT2D eigenvalue weighted by Crippen LogP contribution is 2.17. The minimum absolute atomic E-state index is 0.161. The maximum atomic E-state index is 12.5. The number of allylic oxidation sites excluding steroid dienone is 4. The molecule has 4 nitrogen and oxygen atoms in total. The summed E-state index contributed by atoms with van der Waals surface area (Å²) in [6, 6.07) is -0.714. The summed E-state index contributed by atoms with van der Waals surface area (Å²) in [5.41, 5.74) is 0.866. The first-order valence-corrected chi connectivity index (χ1v) is 5.91. The molecule has 19 heavy (non-hydrogen) atoms. The largest absolute Gasteiger partial charge is 0.377 e. The Morgan fingerprint density at radius 1 is 1.42 bits per heavy atom. The fourth-order valence-electron chi connectivity index (χ4n) is 2.02. The average Bonchev–Trinajstić information content (AvgIpc) is 2.46. The van der Waals surface area contributed by atoms with Gasteiger partial charge in [-0.15, -0.1) is 6.42 Å². The average molecular weight is 254 g/mol. The molecule has 0 bridgehead atoms. The first-order chi connectivity index (χ1) is 9.15. The number of hydrogen-bond donors (Lipinski definition) is 1. The van der Waals surface area contributed by atoms with Gasteiger partial charge in [-0.25, -0.2) is 0 Å². The highest BCUT2D eigenvalue weighted by molar-refractivity contribution is 6.15. The number of likely N-dealkylation sites (N-methyl/N-ethyl adjacent to an activating group) is 1. The van der Waals surface area contributed by atoms with Crippen molar-refractivity contribution in [2.75, 3.05) is 13.6 Å². The minimum Gasteiger partial charge on any atom is -0.377 e. The predicted molar refractivity (Wildman–Crippen MR) is 72.8 cm³/mol. The molecule has 0 aliphatic carbocycles. The quantitative estimate of drug-likeness (QED) is 0.590. The van der Waals surface area contributed by atoms with Crippen LogP contribution in [0.15, 0.2) is 47.9 Å². The summed E-state index contributed by atoms with van der Waals surface area (Å²) in [4.78, 5) is 26.0. The molecule has 0 amide bonds. The summed E-state index contributed by atoms with van der Waals surface area (Å²) >= 11 is 0. The van der Waals surface area contributed by atoms with Crippen molar-refractivity contribution in [2.24, 2.45) is 0 Å². The number of Topliss-reactive ketones (excluding diaryl/α,β-unsaturated/α-hetero) is 2. The van der Waals surface area contributed by atoms with E-state index >= 15 is 0 Å². The second-order valence-corrected chi connectivity index (χ2v) is 4.28. The molecular weight excluding hydrogens is 240 g/mol. The highest BCUT2D eigenvalue weighted by atomic mass is 16.1. The van der Waals surface area contributed by atoms with Gasteiger partial charge in [0.05, 0.1) is 5.70 Å². The lowest BCUT2D eigenvalue weighted by Gasteiger charge is -2.27. The number of ketones is 2. The van der Waals surface area contributed by atoms with Crippen molar-refractivity contribution in [3.8, 4) is 12.3 Å². The molecule has 2 heterocycles. The summed E-state index contributed by atoms with van der Waals surface area (Å²) in [6.45, 7) is 0.669. The summed E-state index contributed by atoms with van der Waals surface area (Å²) < 4.78 is 0. The van der Waals surface area contributed by atoms with Gasteiger partial charge >= 0.3 is 0 Å². The van der Waals surface area contributed by atoms with Crippen molar-refractivity contribution >= 4 is 11.6 Å². The first kappa shape index (κ1) is 12.9. The monoisotopic (exact) mass is 254 g/mol. The summed E-state index contributed by atoms with van der Waals surface area (Å²) in [5.74, 6) is 1.42. The van der Waals surface area contributed by atoms with E-state index in [2.05, 4.69) is 11.2 Å². The zero-order chi connectivity index (χ0) is 13.8. The molecule has 0 aromatic carbocycles. The van der Waals surface area contributed by atoms with Crippen molar-refractivity contribution < 1.29 is 9.59 Å². The zero-order valence-corrected chi connectivity index (χ0v) is 10.6. The Kier molecular flexibility index (Phi) is 3.67. The van der Waals surface area contributed by atoms with Crippen molar-refractivity contribution in [1.82, 2.24) is 10.2 Å². The van der Waals surface area contributed by atoms with Crippen LogP contribution in [0.4, 0.5) is 0 Å². The van der Waals surface area contributed by atoms with Crippen molar-refractivity contribution in [2.45, 2.75) is 6.04 Å². The Morgan fingerprint density at radius 3 is 2.89 bits per heavy atom. The van der Waals surface area contributed by atoms with Crippen molar-refractivity contribution in [1.29, 1.82) is 0 Å². The minimum atomic E-state index is -0.714. The predicted octanol–water partition coefficient (Wildman–Crippen LogP) is 0.555. The number of hydrogen-bond acceptors (Lipinski definition) is 4. The van der Waals surface area contributed by atoms with E-state index < -0.39 is 11.8 Å². The summed E-state index contributed by atoms with van der Waals surface area (Å²) in [7, 11) is 1.83. The molecule has 2 rings (SSSR count). The van der Waals surface area contributed by atoms with E-state index in [1.165, 1.54) is 0 Å². The molecule has 0 saturated heterocycles. The maximum Gasteiger partial charge on any atom is 0.234 e. The Hall–Kier alpha value is -2.54. The molecule has 0 radical (unpaired) electrons. The summed E-state index contributed by atoms with van der Waals surface area (Å²) in [5, 5.41) is 2.90. The van der Waals surface area contributed by atoms with Crippen LogP contribution in [-0.4, -0.2) is 36.1 Å². The van der Waals surface area contributed by atoms with E-state index in [9.17, 15) is 9.59 Å². The Bertz CT molecular complexity index is 573. The van der Waals surface area contributed by atoms with Gasteiger partial charge in [0.15, 0.2) is 0 Å². The summed E-state index contributed by atoms with van der Waals surface area (Å²) in [6.07, 6.45) is 15.5. The van der Waals surface area contributed by atoms with E-state index in [-0.39, 0.29) is 5.78 Å². The van der Waals surface area contributed by atoms with E-state index in [1.54, 1.807) is 24.4 Å². The maximum absolute atomic E-state index is 12.5. The molecule has 4 heteroatoms.